The minimum absolute atomic E-state index is 0.192. The third-order valence-corrected chi connectivity index (χ3v) is 5.63. The van der Waals surface area contributed by atoms with Crippen molar-refractivity contribution in [3.05, 3.63) is 30.6 Å². The van der Waals surface area contributed by atoms with Gasteiger partial charge in [-0.25, -0.2) is 22.5 Å². The third kappa shape index (κ3) is 2.28. The predicted molar refractivity (Wildman–Crippen MR) is 81.0 cm³/mol. The Morgan fingerprint density at radius 2 is 1.91 bits per heavy atom. The average molecular weight is 323 g/mol. The SMILES string of the molecule is CS(=O)(=O)N1CCC(C(=O)O)(n2cnc3ccccc32)CC1. The number of imidazole rings is 1. The molecular formula is C14H17N3O4S. The molecule has 0 atom stereocenters. The van der Waals surface area contributed by atoms with Crippen LogP contribution in [0.5, 0.6) is 0 Å². The molecule has 1 saturated heterocycles. The summed E-state index contributed by atoms with van der Waals surface area (Å²) in [6.07, 6.45) is 3.12. The van der Waals surface area contributed by atoms with E-state index in [9.17, 15) is 18.3 Å². The molecule has 0 saturated carbocycles. The molecule has 0 amide bonds. The number of hydrogen-bond acceptors (Lipinski definition) is 4. The van der Waals surface area contributed by atoms with Crippen LogP contribution in [0.25, 0.3) is 11.0 Å². The summed E-state index contributed by atoms with van der Waals surface area (Å²) < 4.78 is 26.2. The van der Waals surface area contributed by atoms with Gasteiger partial charge in [-0.15, -0.1) is 0 Å². The molecule has 8 heteroatoms. The minimum Gasteiger partial charge on any atom is -0.479 e. The highest BCUT2D eigenvalue weighted by molar-refractivity contribution is 7.88. The first-order chi connectivity index (χ1) is 10.3. The second kappa shape index (κ2) is 5.06. The Hall–Kier alpha value is -1.93. The van der Waals surface area contributed by atoms with E-state index in [1.165, 1.54) is 10.6 Å². The highest BCUT2D eigenvalue weighted by atomic mass is 32.2. The van der Waals surface area contributed by atoms with Crippen molar-refractivity contribution in [1.29, 1.82) is 0 Å². The van der Waals surface area contributed by atoms with Crippen LogP contribution in [0.2, 0.25) is 0 Å². The van der Waals surface area contributed by atoms with Crippen molar-refractivity contribution in [2.24, 2.45) is 0 Å². The molecule has 1 aliphatic rings. The van der Waals surface area contributed by atoms with Gasteiger partial charge in [-0.2, -0.15) is 0 Å². The lowest BCUT2D eigenvalue weighted by Crippen LogP contribution is -2.51. The molecule has 2 aromatic rings. The zero-order valence-corrected chi connectivity index (χ0v) is 13.0. The molecule has 118 valence electrons. The summed E-state index contributed by atoms with van der Waals surface area (Å²) in [7, 11) is -3.30. The molecule has 0 radical (unpaired) electrons. The van der Waals surface area contributed by atoms with Gasteiger partial charge in [0.2, 0.25) is 10.0 Å². The Kier molecular flexibility index (Phi) is 3.45. The van der Waals surface area contributed by atoms with Gasteiger partial charge in [0, 0.05) is 13.1 Å². The van der Waals surface area contributed by atoms with E-state index in [2.05, 4.69) is 4.98 Å². The van der Waals surface area contributed by atoms with Gasteiger partial charge in [0.1, 0.15) is 5.54 Å². The van der Waals surface area contributed by atoms with Crippen molar-refractivity contribution in [3.63, 3.8) is 0 Å². The Balaban J connectivity index is 2.03. The summed E-state index contributed by atoms with van der Waals surface area (Å²) in [6, 6.07) is 7.34. The van der Waals surface area contributed by atoms with Crippen LogP contribution in [0.1, 0.15) is 12.8 Å². The lowest BCUT2D eigenvalue weighted by Gasteiger charge is -2.38. The van der Waals surface area contributed by atoms with Gasteiger partial charge in [-0.3, -0.25) is 0 Å². The normalized spacial score (nSPS) is 19.3. The third-order valence-electron chi connectivity index (χ3n) is 4.33. The minimum atomic E-state index is -3.30. The maximum Gasteiger partial charge on any atom is 0.330 e. The summed E-state index contributed by atoms with van der Waals surface area (Å²) in [6.45, 7) is 0.384. The van der Waals surface area contributed by atoms with E-state index in [0.29, 0.717) is 0 Å². The first-order valence-corrected chi connectivity index (χ1v) is 8.80. The number of benzene rings is 1. The zero-order chi connectivity index (χ0) is 16.0. The lowest BCUT2D eigenvalue weighted by atomic mass is 9.88. The summed E-state index contributed by atoms with van der Waals surface area (Å²) in [5.74, 6) is -0.955. The van der Waals surface area contributed by atoms with E-state index in [1.807, 2.05) is 24.3 Å². The van der Waals surface area contributed by atoms with Crippen molar-refractivity contribution in [2.45, 2.75) is 18.4 Å². The molecule has 0 bridgehead atoms. The second-order valence-corrected chi connectivity index (χ2v) is 7.58. The summed E-state index contributed by atoms with van der Waals surface area (Å²) in [4.78, 5) is 16.2. The number of aliphatic carboxylic acids is 1. The van der Waals surface area contributed by atoms with Crippen LogP contribution in [-0.2, 0) is 20.4 Å². The number of aromatic nitrogens is 2. The summed E-state index contributed by atoms with van der Waals surface area (Å²) in [5, 5.41) is 9.79. The van der Waals surface area contributed by atoms with E-state index in [0.717, 1.165) is 17.3 Å². The van der Waals surface area contributed by atoms with Crippen LogP contribution >= 0.6 is 0 Å². The number of carbonyl (C=O) groups is 1. The zero-order valence-electron chi connectivity index (χ0n) is 12.1. The van der Waals surface area contributed by atoms with Crippen molar-refractivity contribution in [1.82, 2.24) is 13.9 Å². The highest BCUT2D eigenvalue weighted by Crippen LogP contribution is 2.34. The molecule has 22 heavy (non-hydrogen) atoms. The van der Waals surface area contributed by atoms with Gasteiger partial charge in [-0.05, 0) is 25.0 Å². The van der Waals surface area contributed by atoms with Crippen molar-refractivity contribution >= 4 is 27.0 Å². The molecule has 2 heterocycles. The van der Waals surface area contributed by atoms with Gasteiger partial charge in [0.05, 0.1) is 23.6 Å². The fraction of sp³-hybridized carbons (Fsp3) is 0.429. The standard InChI is InChI=1S/C14H17N3O4S/c1-22(20,21)16-8-6-14(7-9-16,13(18)19)17-10-15-11-4-2-3-5-12(11)17/h2-5,10H,6-9H2,1H3,(H,18,19). The molecule has 0 unspecified atom stereocenters. The predicted octanol–water partition coefficient (Wildman–Crippen LogP) is 0.872. The van der Waals surface area contributed by atoms with E-state index < -0.39 is 21.5 Å². The second-order valence-electron chi connectivity index (χ2n) is 5.60. The Labute approximate surface area is 128 Å². The molecule has 1 aromatic carbocycles. The number of para-hydroxylation sites is 2. The van der Waals surface area contributed by atoms with Crippen molar-refractivity contribution in [2.75, 3.05) is 19.3 Å². The van der Waals surface area contributed by atoms with Crippen LogP contribution < -0.4 is 0 Å². The smallest absolute Gasteiger partial charge is 0.330 e. The Morgan fingerprint density at radius 1 is 1.27 bits per heavy atom. The number of fused-ring (bicyclic) bond motifs is 1. The largest absolute Gasteiger partial charge is 0.479 e. The number of sulfonamides is 1. The number of carboxylic acids is 1. The monoisotopic (exact) mass is 323 g/mol. The molecule has 0 aliphatic carbocycles. The van der Waals surface area contributed by atoms with Crippen LogP contribution in [0.4, 0.5) is 0 Å². The van der Waals surface area contributed by atoms with Crippen LogP contribution in [-0.4, -0.2) is 52.7 Å². The van der Waals surface area contributed by atoms with E-state index in [-0.39, 0.29) is 25.9 Å². The summed E-state index contributed by atoms with van der Waals surface area (Å²) in [5.41, 5.74) is 0.323. The number of nitrogens with zero attached hydrogens (tertiary/aromatic N) is 3. The van der Waals surface area contributed by atoms with Gasteiger partial charge in [0.25, 0.3) is 0 Å². The molecule has 1 N–H and O–H groups in total. The molecule has 1 aliphatic heterocycles. The number of carboxylic acid groups (broad SMARTS) is 1. The van der Waals surface area contributed by atoms with Gasteiger partial charge in [0.15, 0.2) is 0 Å². The summed E-state index contributed by atoms with van der Waals surface area (Å²) >= 11 is 0. The Bertz CT molecular complexity index is 819. The molecule has 1 fully saturated rings. The van der Waals surface area contributed by atoms with Gasteiger partial charge >= 0.3 is 5.97 Å². The fourth-order valence-electron chi connectivity index (χ4n) is 3.05. The molecule has 0 spiro atoms. The van der Waals surface area contributed by atoms with Crippen molar-refractivity contribution < 1.29 is 18.3 Å². The lowest BCUT2D eigenvalue weighted by molar-refractivity contribution is -0.149. The number of piperidine rings is 1. The van der Waals surface area contributed by atoms with Gasteiger partial charge in [-0.1, -0.05) is 12.1 Å². The maximum atomic E-state index is 12.0. The average Bonchev–Trinajstić information content (AvgIpc) is 2.90. The Morgan fingerprint density at radius 3 is 2.50 bits per heavy atom. The molecule has 3 rings (SSSR count). The number of hydrogen-bond donors (Lipinski definition) is 1. The molecule has 1 aromatic heterocycles. The first-order valence-electron chi connectivity index (χ1n) is 6.96. The van der Waals surface area contributed by atoms with E-state index in [4.69, 9.17) is 0 Å². The number of rotatable bonds is 3. The maximum absolute atomic E-state index is 12.0. The first kappa shape index (κ1) is 15.0. The molecule has 7 nitrogen and oxygen atoms in total. The topological polar surface area (TPSA) is 92.5 Å². The quantitative estimate of drug-likeness (QED) is 0.905. The van der Waals surface area contributed by atoms with Crippen LogP contribution in [0.3, 0.4) is 0 Å². The van der Waals surface area contributed by atoms with Gasteiger partial charge < -0.3 is 9.67 Å². The highest BCUT2D eigenvalue weighted by Gasteiger charge is 2.45. The molecular weight excluding hydrogens is 306 g/mol. The van der Waals surface area contributed by atoms with Crippen LogP contribution in [0, 0.1) is 0 Å². The van der Waals surface area contributed by atoms with E-state index >= 15 is 0 Å². The fourth-order valence-corrected chi connectivity index (χ4v) is 3.89. The van der Waals surface area contributed by atoms with Crippen molar-refractivity contribution in [3.8, 4) is 0 Å². The van der Waals surface area contributed by atoms with E-state index in [1.54, 1.807) is 4.57 Å². The van der Waals surface area contributed by atoms with Crippen LogP contribution in [0.15, 0.2) is 30.6 Å².